The number of nitrogens with one attached hydrogen (secondary N) is 1. The van der Waals surface area contributed by atoms with Crippen molar-refractivity contribution in [1.29, 1.82) is 0 Å². The van der Waals surface area contributed by atoms with E-state index in [-0.39, 0.29) is 0 Å². The maximum atomic E-state index is 12.7. The number of halogens is 1. The molecule has 0 amide bonds. The Hall–Kier alpha value is -2.49. The van der Waals surface area contributed by atoms with Crippen molar-refractivity contribution in [3.05, 3.63) is 69.8 Å². The van der Waals surface area contributed by atoms with E-state index in [0.717, 1.165) is 24.8 Å². The number of benzene rings is 2. The maximum Gasteiger partial charge on any atom is 0.325 e. The van der Waals surface area contributed by atoms with Crippen LogP contribution in [-0.4, -0.2) is 32.5 Å². The molecule has 0 aliphatic heterocycles. The third-order valence-corrected chi connectivity index (χ3v) is 5.84. The average molecular weight is 413 g/mol. The second kappa shape index (κ2) is 8.47. The van der Waals surface area contributed by atoms with E-state index >= 15 is 0 Å². The van der Waals surface area contributed by atoms with Gasteiger partial charge >= 0.3 is 5.97 Å². The molecule has 2 atom stereocenters. The summed E-state index contributed by atoms with van der Waals surface area (Å²) in [5, 5.41) is 10.1. The molecule has 27 heavy (non-hydrogen) atoms. The first-order chi connectivity index (χ1) is 12.7. The number of rotatable bonds is 7. The number of para-hydroxylation sites is 1. The van der Waals surface area contributed by atoms with E-state index in [1.165, 1.54) is 12.1 Å². The summed E-state index contributed by atoms with van der Waals surface area (Å²) < 4.78 is 32.3. The highest BCUT2D eigenvalue weighted by atomic mass is 35.5. The number of methoxy groups -OCH3 is 1. The fourth-order valence-corrected chi connectivity index (χ4v) is 4.35. The Morgan fingerprint density at radius 3 is 2.37 bits per heavy atom. The zero-order valence-corrected chi connectivity index (χ0v) is 16.0. The zero-order valence-electron chi connectivity index (χ0n) is 14.5. The van der Waals surface area contributed by atoms with Crippen LogP contribution in [0, 0.1) is 17.0 Å². The van der Waals surface area contributed by atoms with Crippen LogP contribution in [0.2, 0.25) is 0 Å². The largest absolute Gasteiger partial charge is 0.468 e. The SMILES string of the molecule is COC(=O)[C@H](NS(=O)(=O)c1ccccc1[N+](=O)[O-])[C@H](Cl)c1ccccc1C. The number of aryl methyl sites for hydroxylation is 1. The smallest absolute Gasteiger partial charge is 0.325 e. The first-order valence-corrected chi connectivity index (χ1v) is 9.64. The molecule has 0 radical (unpaired) electrons. The zero-order chi connectivity index (χ0) is 20.2. The van der Waals surface area contributed by atoms with Crippen LogP contribution in [0.5, 0.6) is 0 Å². The number of carbonyl (C=O) groups excluding carboxylic acids is 1. The monoisotopic (exact) mass is 412 g/mol. The van der Waals surface area contributed by atoms with E-state index in [9.17, 15) is 23.3 Å². The Bertz CT molecular complexity index is 963. The summed E-state index contributed by atoms with van der Waals surface area (Å²) in [7, 11) is -3.34. The molecule has 0 heterocycles. The molecular weight excluding hydrogens is 396 g/mol. The Balaban J connectivity index is 2.46. The fraction of sp³-hybridized carbons (Fsp3) is 0.235. The lowest BCUT2D eigenvalue weighted by atomic mass is 10.0. The third kappa shape index (κ3) is 4.62. The number of nitro groups is 1. The van der Waals surface area contributed by atoms with Crippen LogP contribution >= 0.6 is 11.6 Å². The molecule has 8 nitrogen and oxygen atoms in total. The number of hydrogen-bond donors (Lipinski definition) is 1. The maximum absolute atomic E-state index is 12.7. The molecule has 1 N–H and O–H groups in total. The molecule has 2 aromatic rings. The van der Waals surface area contributed by atoms with Crippen molar-refractivity contribution in [2.24, 2.45) is 0 Å². The molecule has 0 bridgehead atoms. The summed E-state index contributed by atoms with van der Waals surface area (Å²) in [6, 6.07) is 10.2. The average Bonchev–Trinajstić information content (AvgIpc) is 2.65. The molecule has 10 heteroatoms. The predicted molar refractivity (Wildman–Crippen MR) is 99.0 cm³/mol. The number of sulfonamides is 1. The molecule has 0 spiro atoms. The first-order valence-electron chi connectivity index (χ1n) is 7.72. The summed E-state index contributed by atoms with van der Waals surface area (Å²) in [6.45, 7) is 1.76. The van der Waals surface area contributed by atoms with Gasteiger partial charge in [0.1, 0.15) is 6.04 Å². The molecule has 2 aromatic carbocycles. The second-order valence-electron chi connectivity index (χ2n) is 5.61. The standard InChI is InChI=1S/C17H17ClN2O6S/c1-11-7-3-4-8-12(11)15(18)16(17(21)26-2)19-27(24,25)14-10-6-5-9-13(14)20(22)23/h3-10,15-16,19H,1-2H3/t15-,16-/m1/s1. The minimum Gasteiger partial charge on any atom is -0.468 e. The Morgan fingerprint density at radius 2 is 1.78 bits per heavy atom. The van der Waals surface area contributed by atoms with Crippen LogP contribution in [0.1, 0.15) is 16.5 Å². The molecule has 0 saturated heterocycles. The molecular formula is C17H17ClN2O6S. The lowest BCUT2D eigenvalue weighted by Crippen LogP contribution is -2.44. The number of carbonyl (C=O) groups is 1. The summed E-state index contributed by atoms with van der Waals surface area (Å²) in [6.07, 6.45) is 0. The number of alkyl halides is 1. The number of ether oxygens (including phenoxy) is 1. The van der Waals surface area contributed by atoms with Crippen molar-refractivity contribution in [3.8, 4) is 0 Å². The van der Waals surface area contributed by atoms with Gasteiger partial charge < -0.3 is 4.74 Å². The van der Waals surface area contributed by atoms with Crippen molar-refractivity contribution < 1.29 is 22.9 Å². The molecule has 0 aliphatic carbocycles. The Labute approximate surface area is 161 Å². The Morgan fingerprint density at radius 1 is 1.19 bits per heavy atom. The van der Waals surface area contributed by atoms with E-state index in [4.69, 9.17) is 11.6 Å². The quantitative estimate of drug-likeness (QED) is 0.323. The van der Waals surface area contributed by atoms with Crippen LogP contribution in [-0.2, 0) is 19.6 Å². The summed E-state index contributed by atoms with van der Waals surface area (Å²) >= 11 is 6.39. The fourth-order valence-electron chi connectivity index (χ4n) is 2.50. The highest BCUT2D eigenvalue weighted by Crippen LogP contribution is 2.30. The van der Waals surface area contributed by atoms with Gasteiger partial charge in [-0.05, 0) is 24.1 Å². The predicted octanol–water partition coefficient (Wildman–Crippen LogP) is 2.70. The van der Waals surface area contributed by atoms with E-state index in [1.54, 1.807) is 31.2 Å². The first kappa shape index (κ1) is 20.8. The van der Waals surface area contributed by atoms with Crippen molar-refractivity contribution in [3.63, 3.8) is 0 Å². The van der Waals surface area contributed by atoms with E-state index in [2.05, 4.69) is 9.46 Å². The van der Waals surface area contributed by atoms with Gasteiger partial charge in [-0.3, -0.25) is 14.9 Å². The van der Waals surface area contributed by atoms with Gasteiger partial charge in [-0.25, -0.2) is 8.42 Å². The number of hydrogen-bond acceptors (Lipinski definition) is 6. The minimum atomic E-state index is -4.43. The van der Waals surface area contributed by atoms with Crippen LogP contribution in [0.25, 0.3) is 0 Å². The highest BCUT2D eigenvalue weighted by molar-refractivity contribution is 7.89. The second-order valence-corrected chi connectivity index (χ2v) is 7.76. The van der Waals surface area contributed by atoms with Crippen LogP contribution in [0.15, 0.2) is 53.4 Å². The molecule has 0 aromatic heterocycles. The van der Waals surface area contributed by atoms with Gasteiger partial charge in [0, 0.05) is 6.07 Å². The Kier molecular flexibility index (Phi) is 6.53. The van der Waals surface area contributed by atoms with Gasteiger partial charge in [-0.2, -0.15) is 4.72 Å². The van der Waals surface area contributed by atoms with Crippen molar-refractivity contribution in [2.75, 3.05) is 7.11 Å². The van der Waals surface area contributed by atoms with Crippen LogP contribution in [0.4, 0.5) is 5.69 Å². The van der Waals surface area contributed by atoms with Gasteiger partial charge in [0.25, 0.3) is 5.69 Å². The number of nitro benzene ring substituents is 1. The van der Waals surface area contributed by atoms with Gasteiger partial charge in [0.15, 0.2) is 4.90 Å². The van der Waals surface area contributed by atoms with Gasteiger partial charge in [0.2, 0.25) is 10.0 Å². The van der Waals surface area contributed by atoms with E-state index < -0.39 is 42.9 Å². The van der Waals surface area contributed by atoms with Crippen molar-refractivity contribution in [2.45, 2.75) is 23.2 Å². The minimum absolute atomic E-state index is 0.528. The van der Waals surface area contributed by atoms with Gasteiger partial charge in [-0.1, -0.05) is 36.4 Å². The normalized spacial score (nSPS) is 13.6. The molecule has 144 valence electrons. The summed E-state index contributed by atoms with van der Waals surface area (Å²) in [5.74, 6) is -0.916. The van der Waals surface area contributed by atoms with Crippen molar-refractivity contribution >= 4 is 33.3 Å². The molecule has 2 rings (SSSR count). The lowest BCUT2D eigenvalue weighted by molar-refractivity contribution is -0.387. The molecule has 0 aliphatic rings. The highest BCUT2D eigenvalue weighted by Gasteiger charge is 2.36. The number of nitrogens with zero attached hydrogens (tertiary/aromatic N) is 1. The topological polar surface area (TPSA) is 116 Å². The summed E-state index contributed by atoms with van der Waals surface area (Å²) in [4.78, 5) is 21.9. The number of esters is 1. The van der Waals surface area contributed by atoms with Crippen LogP contribution < -0.4 is 4.72 Å². The van der Waals surface area contributed by atoms with Gasteiger partial charge in [0.05, 0.1) is 17.4 Å². The van der Waals surface area contributed by atoms with E-state index in [0.29, 0.717) is 5.56 Å². The molecule has 0 unspecified atom stereocenters. The van der Waals surface area contributed by atoms with Crippen molar-refractivity contribution in [1.82, 2.24) is 4.72 Å². The van der Waals surface area contributed by atoms with E-state index in [1.807, 2.05) is 0 Å². The lowest BCUT2D eigenvalue weighted by Gasteiger charge is -2.22. The molecule has 0 saturated carbocycles. The molecule has 0 fully saturated rings. The third-order valence-electron chi connectivity index (χ3n) is 3.87. The summed E-state index contributed by atoms with van der Waals surface area (Å²) in [5.41, 5.74) is 0.659. The van der Waals surface area contributed by atoms with Crippen LogP contribution in [0.3, 0.4) is 0 Å². The van der Waals surface area contributed by atoms with Gasteiger partial charge in [-0.15, -0.1) is 11.6 Å².